The highest BCUT2D eigenvalue weighted by molar-refractivity contribution is 5.97. The highest BCUT2D eigenvalue weighted by Crippen LogP contribution is 2.16. The number of nitrogens with two attached hydrogens (primary N) is 1. The number of nitrogens with one attached hydrogen (secondary N) is 2. The summed E-state index contributed by atoms with van der Waals surface area (Å²) < 4.78 is 5.83. The number of unbranched alkanes of at least 4 members (excludes halogenated alkanes) is 3. The molecule has 3 rings (SSSR count). The minimum Gasteiger partial charge on any atom is -0.489 e. The first-order valence-corrected chi connectivity index (χ1v) is 12.6. The van der Waals surface area contributed by atoms with Crippen LogP contribution in [-0.4, -0.2) is 29.4 Å². The van der Waals surface area contributed by atoms with Gasteiger partial charge in [-0.15, -0.1) is 0 Å². The van der Waals surface area contributed by atoms with E-state index < -0.39 is 6.04 Å². The van der Waals surface area contributed by atoms with Crippen molar-refractivity contribution in [1.29, 1.82) is 0 Å². The van der Waals surface area contributed by atoms with Crippen LogP contribution in [0.25, 0.3) is 0 Å². The molecule has 0 aliphatic heterocycles. The molecule has 36 heavy (non-hydrogen) atoms. The predicted octanol–water partition coefficient (Wildman–Crippen LogP) is 4.16. The molecular formula is C29H36N4O3. The normalized spacial score (nSPS) is 11.5. The largest absolute Gasteiger partial charge is 0.489 e. The summed E-state index contributed by atoms with van der Waals surface area (Å²) in [7, 11) is 0. The van der Waals surface area contributed by atoms with Gasteiger partial charge in [-0.25, -0.2) is 0 Å². The summed E-state index contributed by atoms with van der Waals surface area (Å²) >= 11 is 0. The van der Waals surface area contributed by atoms with E-state index in [0.717, 1.165) is 48.1 Å². The first-order valence-electron chi connectivity index (χ1n) is 12.6. The molecule has 1 aromatic heterocycles. The summed E-state index contributed by atoms with van der Waals surface area (Å²) in [5.74, 6) is 0.250. The quantitative estimate of drug-likeness (QED) is 0.296. The first kappa shape index (κ1) is 26.9. The molecule has 2 aromatic carbocycles. The van der Waals surface area contributed by atoms with Crippen LogP contribution >= 0.6 is 0 Å². The Morgan fingerprint density at radius 1 is 0.944 bits per heavy atom. The lowest BCUT2D eigenvalue weighted by Gasteiger charge is -2.19. The monoisotopic (exact) mass is 488 g/mol. The standard InChI is InChI=1S/C29H36N4O3/c1-2-3-4-5-17-32-29(35)27(33-28(34)25-12-8-23(19-30)9-13-25)18-22-10-14-26(15-11-22)36-21-24-7-6-16-31-20-24/h6-16,20,27H,2-5,17-19,21,30H2,1H3,(H,32,35)(H,33,34). The summed E-state index contributed by atoms with van der Waals surface area (Å²) in [6, 6.07) is 17.8. The van der Waals surface area contributed by atoms with Crippen molar-refractivity contribution >= 4 is 11.8 Å². The molecule has 1 heterocycles. The van der Waals surface area contributed by atoms with Gasteiger partial charge in [0.05, 0.1) is 0 Å². The summed E-state index contributed by atoms with van der Waals surface area (Å²) in [6.07, 6.45) is 8.14. The van der Waals surface area contributed by atoms with E-state index >= 15 is 0 Å². The van der Waals surface area contributed by atoms with Gasteiger partial charge in [0.25, 0.3) is 5.91 Å². The number of rotatable bonds is 14. The van der Waals surface area contributed by atoms with Crippen molar-refractivity contribution in [2.45, 2.75) is 58.2 Å². The Morgan fingerprint density at radius 2 is 1.69 bits per heavy atom. The van der Waals surface area contributed by atoms with E-state index in [1.165, 1.54) is 0 Å². The van der Waals surface area contributed by atoms with Crippen LogP contribution in [-0.2, 0) is 24.4 Å². The van der Waals surface area contributed by atoms with Crippen molar-refractivity contribution in [2.75, 3.05) is 6.54 Å². The third-order valence-electron chi connectivity index (χ3n) is 5.89. The van der Waals surface area contributed by atoms with E-state index in [4.69, 9.17) is 10.5 Å². The molecule has 0 saturated heterocycles. The van der Waals surface area contributed by atoms with Gasteiger partial charge in [0, 0.05) is 43.0 Å². The third kappa shape index (κ3) is 8.82. The Balaban J connectivity index is 1.63. The lowest BCUT2D eigenvalue weighted by atomic mass is 10.0. The highest BCUT2D eigenvalue weighted by atomic mass is 16.5. The van der Waals surface area contributed by atoms with Crippen molar-refractivity contribution in [3.05, 3.63) is 95.3 Å². The smallest absolute Gasteiger partial charge is 0.251 e. The summed E-state index contributed by atoms with van der Waals surface area (Å²) in [4.78, 5) is 30.0. The fraction of sp³-hybridized carbons (Fsp3) is 0.345. The Labute approximate surface area is 213 Å². The van der Waals surface area contributed by atoms with Crippen LogP contribution in [0.3, 0.4) is 0 Å². The molecule has 1 unspecified atom stereocenters. The SMILES string of the molecule is CCCCCCNC(=O)C(Cc1ccc(OCc2cccnc2)cc1)NC(=O)c1ccc(CN)cc1. The molecule has 0 aliphatic carbocycles. The minimum absolute atomic E-state index is 0.185. The van der Waals surface area contributed by atoms with Crippen molar-refractivity contribution < 1.29 is 14.3 Å². The van der Waals surface area contributed by atoms with E-state index in [9.17, 15) is 9.59 Å². The van der Waals surface area contributed by atoms with Gasteiger partial charge in [-0.2, -0.15) is 0 Å². The van der Waals surface area contributed by atoms with Crippen LogP contribution < -0.4 is 21.1 Å². The number of hydrogen-bond donors (Lipinski definition) is 3. The second kappa shape index (κ2) is 14.6. The fourth-order valence-corrected chi connectivity index (χ4v) is 3.74. The van der Waals surface area contributed by atoms with Gasteiger partial charge in [0.15, 0.2) is 0 Å². The molecule has 0 fully saturated rings. The van der Waals surface area contributed by atoms with Crippen molar-refractivity contribution in [2.24, 2.45) is 5.73 Å². The molecule has 4 N–H and O–H groups in total. The van der Waals surface area contributed by atoms with Gasteiger partial charge in [-0.05, 0) is 47.9 Å². The second-order valence-corrected chi connectivity index (χ2v) is 8.78. The van der Waals surface area contributed by atoms with Gasteiger partial charge in [-0.3, -0.25) is 14.6 Å². The van der Waals surface area contributed by atoms with E-state index in [0.29, 0.717) is 31.7 Å². The Kier molecular flexibility index (Phi) is 10.9. The molecule has 0 bridgehead atoms. The minimum atomic E-state index is -0.694. The van der Waals surface area contributed by atoms with Crippen LogP contribution in [0.5, 0.6) is 5.75 Å². The van der Waals surface area contributed by atoms with Crippen molar-refractivity contribution in [3.63, 3.8) is 0 Å². The molecule has 1 atom stereocenters. The van der Waals surface area contributed by atoms with E-state index in [1.54, 1.807) is 24.5 Å². The molecule has 7 heteroatoms. The third-order valence-corrected chi connectivity index (χ3v) is 5.89. The number of hydrogen-bond acceptors (Lipinski definition) is 5. The van der Waals surface area contributed by atoms with Gasteiger partial charge in [0.1, 0.15) is 18.4 Å². The number of ether oxygens (including phenoxy) is 1. The van der Waals surface area contributed by atoms with Gasteiger partial charge in [0.2, 0.25) is 5.91 Å². The zero-order valence-electron chi connectivity index (χ0n) is 20.9. The molecular weight excluding hydrogens is 452 g/mol. The Morgan fingerprint density at radius 3 is 2.36 bits per heavy atom. The molecule has 0 aliphatic rings. The predicted molar refractivity (Wildman–Crippen MR) is 141 cm³/mol. The van der Waals surface area contributed by atoms with Crippen LogP contribution in [0.2, 0.25) is 0 Å². The molecule has 7 nitrogen and oxygen atoms in total. The van der Waals surface area contributed by atoms with E-state index in [1.807, 2.05) is 48.5 Å². The zero-order chi connectivity index (χ0) is 25.6. The number of pyridine rings is 1. The maximum atomic E-state index is 13.0. The second-order valence-electron chi connectivity index (χ2n) is 8.78. The van der Waals surface area contributed by atoms with Crippen LogP contribution in [0.4, 0.5) is 0 Å². The lowest BCUT2D eigenvalue weighted by Crippen LogP contribution is -2.48. The molecule has 2 amide bonds. The Bertz CT molecular complexity index is 1070. The number of aromatic nitrogens is 1. The Hall–Kier alpha value is -3.71. The summed E-state index contributed by atoms with van der Waals surface area (Å²) in [5, 5.41) is 5.90. The zero-order valence-corrected chi connectivity index (χ0v) is 20.9. The number of amides is 2. The number of benzene rings is 2. The highest BCUT2D eigenvalue weighted by Gasteiger charge is 2.22. The molecule has 0 saturated carbocycles. The summed E-state index contributed by atoms with van der Waals surface area (Å²) in [5.41, 5.74) is 9.00. The van der Waals surface area contributed by atoms with Crippen molar-refractivity contribution in [1.82, 2.24) is 15.6 Å². The van der Waals surface area contributed by atoms with E-state index in [2.05, 4.69) is 22.5 Å². The van der Waals surface area contributed by atoms with Gasteiger partial charge in [-0.1, -0.05) is 56.5 Å². The average Bonchev–Trinajstić information content (AvgIpc) is 2.92. The van der Waals surface area contributed by atoms with Crippen LogP contribution in [0.15, 0.2) is 73.1 Å². The summed E-state index contributed by atoms with van der Waals surface area (Å²) in [6.45, 7) is 3.58. The molecule has 3 aromatic rings. The molecule has 0 spiro atoms. The molecule has 190 valence electrons. The molecule has 0 radical (unpaired) electrons. The topological polar surface area (TPSA) is 106 Å². The number of carbonyl (C=O) groups is 2. The van der Waals surface area contributed by atoms with Crippen molar-refractivity contribution in [3.8, 4) is 5.75 Å². The lowest BCUT2D eigenvalue weighted by molar-refractivity contribution is -0.122. The maximum absolute atomic E-state index is 13.0. The van der Waals surface area contributed by atoms with Gasteiger partial charge >= 0.3 is 0 Å². The van der Waals surface area contributed by atoms with Crippen LogP contribution in [0, 0.1) is 0 Å². The average molecular weight is 489 g/mol. The first-order chi connectivity index (χ1) is 17.6. The van der Waals surface area contributed by atoms with Gasteiger partial charge < -0.3 is 21.1 Å². The number of nitrogens with zero attached hydrogens (tertiary/aromatic N) is 1. The maximum Gasteiger partial charge on any atom is 0.251 e. The van der Waals surface area contributed by atoms with E-state index in [-0.39, 0.29) is 11.8 Å². The number of carbonyl (C=O) groups excluding carboxylic acids is 2. The fourth-order valence-electron chi connectivity index (χ4n) is 3.74. The van der Waals surface area contributed by atoms with Crippen LogP contribution in [0.1, 0.15) is 59.7 Å².